The Balaban J connectivity index is 1.84. The zero-order chi connectivity index (χ0) is 13.1. The molecular formula is C15H10N2O2. The van der Waals surface area contributed by atoms with Gasteiger partial charge in [-0.1, -0.05) is 35.5 Å². The molecule has 0 spiro atoms. The first kappa shape index (κ1) is 11.3. The van der Waals surface area contributed by atoms with Crippen LogP contribution < -0.4 is 4.74 Å². The van der Waals surface area contributed by atoms with Gasteiger partial charge in [-0.25, -0.2) is 0 Å². The lowest BCUT2D eigenvalue weighted by Gasteiger charge is -2.05. The van der Waals surface area contributed by atoms with Crippen molar-refractivity contribution in [2.75, 3.05) is 0 Å². The first-order valence-electron chi connectivity index (χ1n) is 5.83. The fourth-order valence-corrected chi connectivity index (χ4v) is 1.83. The smallest absolute Gasteiger partial charge is 0.244 e. The minimum absolute atomic E-state index is 0.208. The second-order valence-corrected chi connectivity index (χ2v) is 4.08. The quantitative estimate of drug-likeness (QED) is 0.715. The topological polar surface area (TPSA) is 59.0 Å². The van der Waals surface area contributed by atoms with Crippen LogP contribution in [0.1, 0.15) is 11.3 Å². The van der Waals surface area contributed by atoms with E-state index in [4.69, 9.17) is 14.5 Å². The molecule has 0 aliphatic rings. The van der Waals surface area contributed by atoms with E-state index in [0.29, 0.717) is 23.3 Å². The van der Waals surface area contributed by atoms with Crippen LogP contribution in [0.3, 0.4) is 0 Å². The Morgan fingerprint density at radius 2 is 2.00 bits per heavy atom. The van der Waals surface area contributed by atoms with Gasteiger partial charge in [-0.2, -0.15) is 5.26 Å². The summed E-state index contributed by atoms with van der Waals surface area (Å²) in [7, 11) is 0. The highest BCUT2D eigenvalue weighted by Crippen LogP contribution is 2.23. The lowest BCUT2D eigenvalue weighted by molar-refractivity contribution is 0.306. The Kier molecular flexibility index (Phi) is 2.87. The molecule has 0 radical (unpaired) electrons. The van der Waals surface area contributed by atoms with Crippen LogP contribution >= 0.6 is 0 Å². The molecule has 3 rings (SSSR count). The number of hydrogen-bond donors (Lipinski definition) is 0. The standard InChI is InChI=1S/C15H10N2O2/c16-9-15-13-8-12(6-7-14(13)17-19-15)18-10-11-4-2-1-3-5-11/h1-8H,10H2. The van der Waals surface area contributed by atoms with Crippen molar-refractivity contribution in [2.24, 2.45) is 0 Å². The van der Waals surface area contributed by atoms with Crippen molar-refractivity contribution in [3.8, 4) is 11.8 Å². The van der Waals surface area contributed by atoms with Gasteiger partial charge in [0.25, 0.3) is 0 Å². The molecular weight excluding hydrogens is 240 g/mol. The van der Waals surface area contributed by atoms with Crippen molar-refractivity contribution in [3.05, 3.63) is 59.9 Å². The van der Waals surface area contributed by atoms with E-state index in [9.17, 15) is 0 Å². The lowest BCUT2D eigenvalue weighted by Crippen LogP contribution is -1.94. The van der Waals surface area contributed by atoms with E-state index in [0.717, 1.165) is 5.56 Å². The van der Waals surface area contributed by atoms with Crippen LogP contribution in [0.15, 0.2) is 53.1 Å². The van der Waals surface area contributed by atoms with Crippen LogP contribution in [0.25, 0.3) is 10.9 Å². The highest BCUT2D eigenvalue weighted by atomic mass is 16.5. The van der Waals surface area contributed by atoms with Crippen molar-refractivity contribution in [1.82, 2.24) is 5.16 Å². The summed E-state index contributed by atoms with van der Waals surface area (Å²) >= 11 is 0. The average molecular weight is 250 g/mol. The van der Waals surface area contributed by atoms with E-state index >= 15 is 0 Å². The van der Waals surface area contributed by atoms with Crippen molar-refractivity contribution >= 4 is 10.9 Å². The summed E-state index contributed by atoms with van der Waals surface area (Å²) in [4.78, 5) is 0. The van der Waals surface area contributed by atoms with E-state index in [-0.39, 0.29) is 5.76 Å². The number of rotatable bonds is 3. The second-order valence-electron chi connectivity index (χ2n) is 4.08. The first-order chi connectivity index (χ1) is 9.36. The fourth-order valence-electron chi connectivity index (χ4n) is 1.83. The lowest BCUT2D eigenvalue weighted by atomic mass is 10.2. The maximum absolute atomic E-state index is 8.90. The molecule has 0 unspecified atom stereocenters. The van der Waals surface area contributed by atoms with Crippen LogP contribution in [-0.2, 0) is 6.61 Å². The molecule has 0 fully saturated rings. The minimum Gasteiger partial charge on any atom is -0.489 e. The SMILES string of the molecule is N#Cc1onc2ccc(OCc3ccccc3)cc12. The number of benzene rings is 2. The summed E-state index contributed by atoms with van der Waals surface area (Å²) < 4.78 is 10.6. The van der Waals surface area contributed by atoms with Crippen LogP contribution in [-0.4, -0.2) is 5.16 Å². The molecule has 0 saturated heterocycles. The molecule has 0 aliphatic heterocycles. The molecule has 0 saturated carbocycles. The number of ether oxygens (including phenoxy) is 1. The highest BCUT2D eigenvalue weighted by Gasteiger charge is 2.08. The van der Waals surface area contributed by atoms with Gasteiger partial charge in [0, 0.05) is 0 Å². The fraction of sp³-hybridized carbons (Fsp3) is 0.0667. The number of hydrogen-bond acceptors (Lipinski definition) is 4. The van der Waals surface area contributed by atoms with Gasteiger partial charge in [0.05, 0.1) is 5.39 Å². The molecule has 0 aliphatic carbocycles. The van der Waals surface area contributed by atoms with Crippen molar-refractivity contribution < 1.29 is 9.26 Å². The molecule has 1 aromatic heterocycles. The van der Waals surface area contributed by atoms with Gasteiger partial charge >= 0.3 is 0 Å². The average Bonchev–Trinajstić information content (AvgIpc) is 2.88. The van der Waals surface area contributed by atoms with Crippen LogP contribution in [0.2, 0.25) is 0 Å². The molecule has 4 nitrogen and oxygen atoms in total. The zero-order valence-corrected chi connectivity index (χ0v) is 10.0. The molecule has 0 N–H and O–H groups in total. The predicted octanol–water partition coefficient (Wildman–Crippen LogP) is 3.28. The molecule has 2 aromatic carbocycles. The van der Waals surface area contributed by atoms with Gasteiger partial charge in [0.15, 0.2) is 0 Å². The van der Waals surface area contributed by atoms with Gasteiger partial charge in [-0.15, -0.1) is 0 Å². The summed E-state index contributed by atoms with van der Waals surface area (Å²) in [6.07, 6.45) is 0. The summed E-state index contributed by atoms with van der Waals surface area (Å²) in [5, 5.41) is 13.4. The Hall–Kier alpha value is -2.80. The maximum Gasteiger partial charge on any atom is 0.244 e. The third-order valence-corrected chi connectivity index (χ3v) is 2.80. The second kappa shape index (κ2) is 4.83. The number of aromatic nitrogens is 1. The number of fused-ring (bicyclic) bond motifs is 1. The van der Waals surface area contributed by atoms with Gasteiger partial charge in [-0.05, 0) is 23.8 Å². The van der Waals surface area contributed by atoms with Crippen molar-refractivity contribution in [1.29, 1.82) is 5.26 Å². The van der Waals surface area contributed by atoms with E-state index in [1.165, 1.54) is 0 Å². The molecule has 0 amide bonds. The molecule has 19 heavy (non-hydrogen) atoms. The number of nitrogens with zero attached hydrogens (tertiary/aromatic N) is 2. The summed E-state index contributed by atoms with van der Waals surface area (Å²) in [5.41, 5.74) is 1.75. The monoisotopic (exact) mass is 250 g/mol. The van der Waals surface area contributed by atoms with Crippen LogP contribution in [0.4, 0.5) is 0 Å². The van der Waals surface area contributed by atoms with Crippen LogP contribution in [0, 0.1) is 11.3 Å². The third kappa shape index (κ3) is 2.26. The highest BCUT2D eigenvalue weighted by molar-refractivity contribution is 5.83. The zero-order valence-electron chi connectivity index (χ0n) is 10.0. The molecule has 0 bridgehead atoms. The Morgan fingerprint density at radius 3 is 2.79 bits per heavy atom. The molecule has 4 heteroatoms. The first-order valence-corrected chi connectivity index (χ1v) is 5.83. The van der Waals surface area contributed by atoms with E-state index in [2.05, 4.69) is 5.16 Å². The Bertz CT molecular complexity index is 742. The molecule has 1 heterocycles. The maximum atomic E-state index is 8.90. The Labute approximate surface area is 109 Å². The van der Waals surface area contributed by atoms with E-state index in [1.807, 2.05) is 42.5 Å². The van der Waals surface area contributed by atoms with Gasteiger partial charge in [-0.3, -0.25) is 0 Å². The van der Waals surface area contributed by atoms with Gasteiger partial charge in [0.1, 0.15) is 23.9 Å². The summed E-state index contributed by atoms with van der Waals surface area (Å²) in [6, 6.07) is 17.2. The van der Waals surface area contributed by atoms with E-state index in [1.54, 1.807) is 12.1 Å². The normalized spacial score (nSPS) is 10.3. The summed E-state index contributed by atoms with van der Waals surface area (Å²) in [6.45, 7) is 0.486. The summed E-state index contributed by atoms with van der Waals surface area (Å²) in [5.74, 6) is 0.899. The largest absolute Gasteiger partial charge is 0.489 e. The molecule has 3 aromatic rings. The molecule has 92 valence electrons. The predicted molar refractivity (Wildman–Crippen MR) is 69.5 cm³/mol. The van der Waals surface area contributed by atoms with Crippen LogP contribution in [0.5, 0.6) is 5.75 Å². The third-order valence-electron chi connectivity index (χ3n) is 2.80. The minimum atomic E-state index is 0.208. The molecule has 0 atom stereocenters. The van der Waals surface area contributed by atoms with Crippen molar-refractivity contribution in [2.45, 2.75) is 6.61 Å². The number of nitriles is 1. The van der Waals surface area contributed by atoms with Crippen molar-refractivity contribution in [3.63, 3.8) is 0 Å². The van der Waals surface area contributed by atoms with Gasteiger partial charge in [0.2, 0.25) is 5.76 Å². The van der Waals surface area contributed by atoms with E-state index < -0.39 is 0 Å². The van der Waals surface area contributed by atoms with Gasteiger partial charge < -0.3 is 9.26 Å². The Morgan fingerprint density at radius 1 is 1.16 bits per heavy atom.